The van der Waals surface area contributed by atoms with Gasteiger partial charge in [-0.1, -0.05) is 30.3 Å². The summed E-state index contributed by atoms with van der Waals surface area (Å²) in [5.41, 5.74) is 2.82. The van der Waals surface area contributed by atoms with Crippen LogP contribution in [0.25, 0.3) is 28.1 Å². The number of imidazole rings is 2. The molecular weight excluding hydrogens is 416 g/mol. The predicted octanol–water partition coefficient (Wildman–Crippen LogP) is 2.23. The van der Waals surface area contributed by atoms with Gasteiger partial charge in [-0.05, 0) is 30.2 Å². The quantitative estimate of drug-likeness (QED) is 0.457. The average Bonchev–Trinajstić information content (AvgIpc) is 3.34. The molecule has 1 N–H and O–H groups in total. The lowest BCUT2D eigenvalue weighted by atomic mass is 10.0. The van der Waals surface area contributed by atoms with Crippen LogP contribution in [0.5, 0.6) is 0 Å². The number of nitrogens with one attached hydrogen (secondary N) is 1. The van der Waals surface area contributed by atoms with Gasteiger partial charge in [-0.3, -0.25) is 9.13 Å². The number of rotatable bonds is 2. The van der Waals surface area contributed by atoms with Crippen LogP contribution < -0.4 is 5.69 Å². The molecular formula is C21H16N6O3S. The lowest BCUT2D eigenvalue weighted by Crippen LogP contribution is -2.30. The van der Waals surface area contributed by atoms with Gasteiger partial charge in [-0.2, -0.15) is 4.98 Å². The van der Waals surface area contributed by atoms with Crippen LogP contribution in [0.3, 0.4) is 0 Å². The van der Waals surface area contributed by atoms with Gasteiger partial charge in [-0.25, -0.2) is 23.2 Å². The zero-order chi connectivity index (χ0) is 21.2. The number of aromatic nitrogens is 6. The summed E-state index contributed by atoms with van der Waals surface area (Å²) in [5, 5.41) is 0. The molecule has 1 atom stereocenters. The fourth-order valence-corrected chi connectivity index (χ4v) is 5.87. The largest absolute Gasteiger partial charge is 0.328 e. The summed E-state index contributed by atoms with van der Waals surface area (Å²) in [7, 11) is -3.37. The van der Waals surface area contributed by atoms with Crippen molar-refractivity contribution >= 4 is 32.0 Å². The first-order valence-corrected chi connectivity index (χ1v) is 11.4. The molecule has 5 aromatic rings. The highest BCUT2D eigenvalue weighted by atomic mass is 32.2. The van der Waals surface area contributed by atoms with Gasteiger partial charge in [0.1, 0.15) is 11.8 Å². The Morgan fingerprint density at radius 1 is 1.03 bits per heavy atom. The van der Waals surface area contributed by atoms with E-state index in [9.17, 15) is 13.2 Å². The third kappa shape index (κ3) is 2.65. The molecule has 4 heterocycles. The van der Waals surface area contributed by atoms with Gasteiger partial charge < -0.3 is 4.98 Å². The summed E-state index contributed by atoms with van der Waals surface area (Å²) in [6.45, 7) is 0. The summed E-state index contributed by atoms with van der Waals surface area (Å²) in [5.74, 6) is 0.350. The topological polar surface area (TPSA) is 116 Å². The van der Waals surface area contributed by atoms with Gasteiger partial charge >= 0.3 is 5.69 Å². The van der Waals surface area contributed by atoms with Gasteiger partial charge in [0, 0.05) is 0 Å². The van der Waals surface area contributed by atoms with Crippen LogP contribution in [0.4, 0.5) is 0 Å². The molecule has 0 saturated carbocycles. The van der Waals surface area contributed by atoms with Crippen molar-refractivity contribution in [1.82, 2.24) is 29.1 Å². The third-order valence-electron chi connectivity index (χ3n) is 5.70. The molecule has 10 heteroatoms. The van der Waals surface area contributed by atoms with Crippen LogP contribution in [0, 0.1) is 0 Å². The molecule has 0 fully saturated rings. The maximum atomic E-state index is 12.9. The lowest BCUT2D eigenvalue weighted by Gasteiger charge is -2.26. The van der Waals surface area contributed by atoms with Crippen LogP contribution >= 0.6 is 0 Å². The second-order valence-corrected chi connectivity index (χ2v) is 9.55. The first kappa shape index (κ1) is 18.0. The van der Waals surface area contributed by atoms with Crippen molar-refractivity contribution in [2.45, 2.75) is 17.4 Å². The number of H-pyrrole nitrogens is 1. The fourth-order valence-electron chi connectivity index (χ4n) is 4.27. The number of nitrogens with zero attached hydrogens (tertiary/aromatic N) is 5. The van der Waals surface area contributed by atoms with E-state index in [2.05, 4.69) is 19.9 Å². The van der Waals surface area contributed by atoms with Gasteiger partial charge in [0.05, 0.1) is 33.9 Å². The van der Waals surface area contributed by atoms with Crippen molar-refractivity contribution in [3.63, 3.8) is 0 Å². The molecule has 0 saturated heterocycles. The Kier molecular flexibility index (Phi) is 3.69. The van der Waals surface area contributed by atoms with Gasteiger partial charge in [0.25, 0.3) is 0 Å². The molecule has 1 aliphatic rings. The summed E-state index contributed by atoms with van der Waals surface area (Å²) in [6.07, 6.45) is 3.50. The van der Waals surface area contributed by atoms with E-state index in [-0.39, 0.29) is 16.3 Å². The first-order valence-electron chi connectivity index (χ1n) is 9.74. The van der Waals surface area contributed by atoms with E-state index in [4.69, 9.17) is 0 Å². The Labute approximate surface area is 176 Å². The number of hydrogen-bond donors (Lipinski definition) is 1. The van der Waals surface area contributed by atoms with Crippen LogP contribution in [-0.2, 0) is 9.84 Å². The smallest absolute Gasteiger partial charge is 0.303 e. The highest BCUT2D eigenvalue weighted by Gasteiger charge is 2.33. The number of fused-ring (bicyclic) bond motifs is 3. The van der Waals surface area contributed by atoms with Crippen molar-refractivity contribution in [3.05, 3.63) is 77.1 Å². The molecule has 3 aromatic heterocycles. The zero-order valence-corrected chi connectivity index (χ0v) is 17.0. The second kappa shape index (κ2) is 6.35. The minimum Gasteiger partial charge on any atom is -0.303 e. The molecule has 154 valence electrons. The van der Waals surface area contributed by atoms with Crippen molar-refractivity contribution in [2.24, 2.45) is 0 Å². The number of hydrogen-bond acceptors (Lipinski definition) is 6. The summed E-state index contributed by atoms with van der Waals surface area (Å²) in [4.78, 5) is 29.4. The Balaban J connectivity index is 1.58. The molecule has 9 nitrogen and oxygen atoms in total. The van der Waals surface area contributed by atoms with E-state index in [0.717, 1.165) is 11.0 Å². The zero-order valence-electron chi connectivity index (χ0n) is 16.1. The predicted molar refractivity (Wildman–Crippen MR) is 114 cm³/mol. The molecule has 1 unspecified atom stereocenters. The Bertz CT molecular complexity index is 1650. The minimum absolute atomic E-state index is 0.0299. The van der Waals surface area contributed by atoms with E-state index in [1.165, 1.54) is 4.57 Å². The van der Waals surface area contributed by atoms with Gasteiger partial charge in [0.2, 0.25) is 5.95 Å². The molecule has 31 heavy (non-hydrogen) atoms. The third-order valence-corrected chi connectivity index (χ3v) is 7.51. The number of aromatic amines is 1. The second-order valence-electron chi connectivity index (χ2n) is 7.47. The molecule has 0 bridgehead atoms. The molecule has 0 aliphatic carbocycles. The molecule has 6 rings (SSSR count). The number of para-hydroxylation sites is 2. The highest BCUT2D eigenvalue weighted by Crippen LogP contribution is 2.35. The minimum atomic E-state index is -3.37. The molecule has 0 spiro atoms. The van der Waals surface area contributed by atoms with E-state index in [1.54, 1.807) is 41.4 Å². The molecule has 0 radical (unpaired) electrons. The first-order chi connectivity index (χ1) is 15.0. The highest BCUT2D eigenvalue weighted by molar-refractivity contribution is 7.91. The standard InChI is InChI=1S/C21H16N6O3S/c28-21-24-15-11-22-20(26-12-23-14-6-2-3-7-17(14)26)25-19(15)27(21)16-9-10-31(29,30)18-8-4-1-5-13(16)18/h1-8,11-12,16H,9-10H2,(H,24,28). The van der Waals surface area contributed by atoms with E-state index >= 15 is 0 Å². The summed E-state index contributed by atoms with van der Waals surface area (Å²) >= 11 is 0. The normalized spacial score (nSPS) is 17.7. The molecule has 1 aliphatic heterocycles. The van der Waals surface area contributed by atoms with E-state index in [0.29, 0.717) is 29.1 Å². The maximum Gasteiger partial charge on any atom is 0.328 e. The van der Waals surface area contributed by atoms with E-state index in [1.807, 2.05) is 24.3 Å². The Morgan fingerprint density at radius 3 is 2.74 bits per heavy atom. The van der Waals surface area contributed by atoms with Gasteiger partial charge in [0.15, 0.2) is 15.5 Å². The van der Waals surface area contributed by atoms with Crippen molar-refractivity contribution in [2.75, 3.05) is 5.75 Å². The Morgan fingerprint density at radius 2 is 1.84 bits per heavy atom. The lowest BCUT2D eigenvalue weighted by molar-refractivity contribution is 0.520. The number of sulfone groups is 1. The fraction of sp³-hybridized carbons (Fsp3) is 0.143. The van der Waals surface area contributed by atoms with Crippen molar-refractivity contribution in [3.8, 4) is 5.95 Å². The van der Waals surface area contributed by atoms with Crippen LogP contribution in [0.2, 0.25) is 0 Å². The summed E-state index contributed by atoms with van der Waals surface area (Å²) in [6, 6.07) is 14.0. The monoisotopic (exact) mass is 432 g/mol. The van der Waals surface area contributed by atoms with Crippen molar-refractivity contribution in [1.29, 1.82) is 0 Å². The van der Waals surface area contributed by atoms with Crippen LogP contribution in [0.15, 0.2) is 70.7 Å². The molecule has 2 aromatic carbocycles. The van der Waals surface area contributed by atoms with Crippen LogP contribution in [0.1, 0.15) is 18.0 Å². The van der Waals surface area contributed by atoms with E-state index < -0.39 is 15.9 Å². The molecule has 0 amide bonds. The summed E-state index contributed by atoms with van der Waals surface area (Å²) < 4.78 is 28.4. The van der Waals surface area contributed by atoms with Gasteiger partial charge in [-0.15, -0.1) is 0 Å². The maximum absolute atomic E-state index is 12.9. The van der Waals surface area contributed by atoms with Crippen LogP contribution in [-0.4, -0.2) is 43.2 Å². The Hall–Kier alpha value is -3.79. The SMILES string of the molecule is O=c1[nH]c2cnc(-n3cnc4ccccc43)nc2n1C1CCS(=O)(=O)c2ccccc21. The van der Waals surface area contributed by atoms with Crippen molar-refractivity contribution < 1.29 is 8.42 Å². The average molecular weight is 432 g/mol. The number of benzene rings is 2.